The van der Waals surface area contributed by atoms with E-state index in [1.165, 1.54) is 49.5 Å². The van der Waals surface area contributed by atoms with Gasteiger partial charge in [0.1, 0.15) is 15.6 Å². The van der Waals surface area contributed by atoms with E-state index in [-0.39, 0.29) is 22.7 Å². The van der Waals surface area contributed by atoms with Gasteiger partial charge in [-0.3, -0.25) is 14.4 Å². The molecule has 0 saturated carbocycles. The first-order chi connectivity index (χ1) is 18.3. The Morgan fingerprint density at radius 1 is 1.13 bits per heavy atom. The summed E-state index contributed by atoms with van der Waals surface area (Å²) >= 11 is 6.34. The Kier molecular flexibility index (Phi) is 9.34. The third-order valence-electron chi connectivity index (χ3n) is 5.93. The largest absolute Gasteiger partial charge is 0.284 e. The van der Waals surface area contributed by atoms with E-state index in [4.69, 9.17) is 11.6 Å². The number of allylic oxidation sites excluding steroid dienone is 2. The fraction of sp³-hybridized carbons (Fsp3) is 0.214. The molecule has 0 radical (unpaired) electrons. The van der Waals surface area contributed by atoms with Gasteiger partial charge in [-0.15, -0.1) is 0 Å². The van der Waals surface area contributed by atoms with Crippen molar-refractivity contribution in [2.24, 2.45) is 4.99 Å². The van der Waals surface area contributed by atoms with Crippen LogP contribution >= 0.6 is 11.6 Å². The van der Waals surface area contributed by atoms with Gasteiger partial charge in [-0.05, 0) is 61.6 Å². The van der Waals surface area contributed by atoms with Crippen molar-refractivity contribution in [3.63, 3.8) is 0 Å². The third-order valence-corrected chi connectivity index (χ3v) is 7.43. The zero-order chi connectivity index (χ0) is 29.1. The fourth-order valence-corrected chi connectivity index (χ4v) is 5.07. The minimum Gasteiger partial charge on any atom is -0.284 e. The molecule has 5 nitrogen and oxygen atoms in total. The van der Waals surface area contributed by atoms with E-state index >= 15 is 8.78 Å². The molecule has 39 heavy (non-hydrogen) atoms. The van der Waals surface area contributed by atoms with E-state index in [9.17, 15) is 22.0 Å². The predicted octanol–water partition coefficient (Wildman–Crippen LogP) is 6.77. The molecule has 0 fully saturated rings. The van der Waals surface area contributed by atoms with Gasteiger partial charge >= 0.3 is 0 Å². The maximum absolute atomic E-state index is 15.6. The lowest BCUT2D eigenvalue weighted by Crippen LogP contribution is -2.22. The van der Waals surface area contributed by atoms with Crippen LogP contribution in [0.1, 0.15) is 42.1 Å². The Morgan fingerprint density at radius 3 is 2.44 bits per heavy atom. The first-order valence-corrected chi connectivity index (χ1v) is 13.9. The second kappa shape index (κ2) is 12.1. The minimum atomic E-state index is -3.96. The first-order valence-electron chi connectivity index (χ1n) is 11.7. The van der Waals surface area contributed by atoms with E-state index in [1.807, 2.05) is 0 Å². The van der Waals surface area contributed by atoms with Crippen molar-refractivity contribution in [2.45, 2.75) is 38.0 Å². The normalized spacial score (nSPS) is 13.8. The predicted molar refractivity (Wildman–Crippen MR) is 145 cm³/mol. The van der Waals surface area contributed by atoms with Crippen LogP contribution in [-0.2, 0) is 16.3 Å². The number of hydrogen-bond donors (Lipinski definition) is 0. The van der Waals surface area contributed by atoms with Crippen molar-refractivity contribution in [1.82, 2.24) is 4.57 Å². The zero-order valence-corrected chi connectivity index (χ0v) is 23.0. The molecule has 0 bridgehead atoms. The topological polar surface area (TPSA) is 68.5 Å². The summed E-state index contributed by atoms with van der Waals surface area (Å²) in [7, 11) is -3.96. The Balaban J connectivity index is 2.09. The molecule has 3 rings (SSSR count). The number of halogens is 5. The van der Waals surface area contributed by atoms with Crippen molar-refractivity contribution in [3.8, 4) is 0 Å². The summed E-state index contributed by atoms with van der Waals surface area (Å²) in [5.74, 6) is -4.81. The van der Waals surface area contributed by atoms with Crippen molar-refractivity contribution in [2.75, 3.05) is 6.26 Å². The van der Waals surface area contributed by atoms with Crippen molar-refractivity contribution >= 4 is 33.3 Å². The molecule has 1 aromatic heterocycles. The molecule has 1 unspecified atom stereocenters. The molecule has 2 aromatic carbocycles. The van der Waals surface area contributed by atoms with Gasteiger partial charge in [-0.25, -0.2) is 26.0 Å². The monoisotopic (exact) mass is 580 g/mol. The molecule has 0 spiro atoms. The Bertz CT molecular complexity index is 1680. The van der Waals surface area contributed by atoms with Gasteiger partial charge < -0.3 is 0 Å². The molecule has 1 heterocycles. The van der Waals surface area contributed by atoms with Crippen LogP contribution in [0.15, 0.2) is 75.2 Å². The summed E-state index contributed by atoms with van der Waals surface area (Å²) in [6.45, 7) is 4.79. The lowest BCUT2D eigenvalue weighted by atomic mass is 9.93. The Morgan fingerprint density at radius 2 is 1.79 bits per heavy atom. The van der Waals surface area contributed by atoms with Gasteiger partial charge in [0.05, 0.1) is 6.20 Å². The summed E-state index contributed by atoms with van der Waals surface area (Å²) in [6.07, 6.45) is 4.29. The quantitative estimate of drug-likeness (QED) is 0.218. The standard InChI is InChI=1S/C28H25ClF4N2O3S/c1-5-12-34-27(19-9-7-11-23(26(19)33)39(4,37)38)22(31)15-35-17(3)14-20(24(29)28(35)36)16(2)13-18-8-6-10-21(30)25(18)32/h5-12,14-16H,13H2,1-4H3/b12-5+,22-15-,34-27+. The number of rotatable bonds is 8. The number of benzene rings is 2. The summed E-state index contributed by atoms with van der Waals surface area (Å²) in [6, 6.07) is 8.78. The molecular weight excluding hydrogens is 556 g/mol. The van der Waals surface area contributed by atoms with Gasteiger partial charge in [-0.2, -0.15) is 0 Å². The van der Waals surface area contributed by atoms with Crippen molar-refractivity contribution in [3.05, 3.63) is 116 Å². The van der Waals surface area contributed by atoms with E-state index in [2.05, 4.69) is 4.99 Å². The maximum Gasteiger partial charge on any atom is 0.273 e. The summed E-state index contributed by atoms with van der Waals surface area (Å²) in [5, 5.41) is -0.258. The zero-order valence-electron chi connectivity index (χ0n) is 21.5. The second-order valence-corrected chi connectivity index (χ2v) is 11.2. The van der Waals surface area contributed by atoms with Crippen LogP contribution in [0.5, 0.6) is 0 Å². The number of nitrogens with zero attached hydrogens (tertiary/aromatic N) is 2. The van der Waals surface area contributed by atoms with Gasteiger partial charge in [0, 0.05) is 23.7 Å². The first kappa shape index (κ1) is 30.0. The highest BCUT2D eigenvalue weighted by molar-refractivity contribution is 7.90. The van der Waals surface area contributed by atoms with Crippen LogP contribution in [0.25, 0.3) is 6.20 Å². The summed E-state index contributed by atoms with van der Waals surface area (Å²) in [5.41, 5.74) is -1.07. The number of aliphatic imine (C=N–C) groups is 1. The highest BCUT2D eigenvalue weighted by Gasteiger charge is 2.23. The van der Waals surface area contributed by atoms with Crippen LogP contribution in [0, 0.1) is 24.4 Å². The summed E-state index contributed by atoms with van der Waals surface area (Å²) in [4.78, 5) is 16.4. The molecule has 0 N–H and O–H groups in total. The smallest absolute Gasteiger partial charge is 0.273 e. The maximum atomic E-state index is 15.6. The van der Waals surface area contributed by atoms with Crippen LogP contribution in [0.3, 0.4) is 0 Å². The molecule has 0 amide bonds. The Hall–Kier alpha value is -3.50. The van der Waals surface area contributed by atoms with Crippen molar-refractivity contribution in [1.29, 1.82) is 0 Å². The number of aryl methyl sites for hydroxylation is 1. The van der Waals surface area contributed by atoms with Gasteiger partial charge in [-0.1, -0.05) is 42.8 Å². The van der Waals surface area contributed by atoms with Gasteiger partial charge in [0.25, 0.3) is 5.56 Å². The molecule has 0 aliphatic heterocycles. The molecule has 0 aliphatic rings. The number of pyridine rings is 1. The van der Waals surface area contributed by atoms with Crippen LogP contribution in [0.4, 0.5) is 17.6 Å². The third kappa shape index (κ3) is 6.57. The van der Waals surface area contributed by atoms with E-state index in [1.54, 1.807) is 13.8 Å². The highest BCUT2D eigenvalue weighted by atomic mass is 35.5. The van der Waals surface area contributed by atoms with Crippen LogP contribution < -0.4 is 5.56 Å². The average molecular weight is 581 g/mol. The molecule has 1 atom stereocenters. The number of sulfone groups is 1. The van der Waals surface area contributed by atoms with E-state index < -0.39 is 60.8 Å². The number of hydrogen-bond acceptors (Lipinski definition) is 4. The van der Waals surface area contributed by atoms with Gasteiger partial charge in [0.15, 0.2) is 33.1 Å². The second-order valence-electron chi connectivity index (χ2n) is 8.88. The van der Waals surface area contributed by atoms with Gasteiger partial charge in [0.2, 0.25) is 0 Å². The van der Waals surface area contributed by atoms with Crippen LogP contribution in [-0.4, -0.2) is 25.0 Å². The van der Waals surface area contributed by atoms with Crippen molar-refractivity contribution < 1.29 is 26.0 Å². The molecule has 0 saturated heterocycles. The SMILES string of the molecule is C/C=C/N=C(/C(F)=C/n1c(C)cc(C(C)Cc2cccc(F)c2F)c(Cl)c1=O)c1cccc(S(C)(=O)=O)c1F. The molecule has 11 heteroatoms. The Labute approximate surface area is 228 Å². The molecular formula is C28H25ClF4N2O3S. The summed E-state index contributed by atoms with van der Waals surface area (Å²) < 4.78 is 83.3. The highest BCUT2D eigenvalue weighted by Crippen LogP contribution is 2.28. The molecule has 0 aliphatic carbocycles. The fourth-order valence-electron chi connectivity index (χ4n) is 3.98. The molecule has 206 valence electrons. The average Bonchev–Trinajstić information content (AvgIpc) is 2.87. The molecule has 3 aromatic rings. The van der Waals surface area contributed by atoms with E-state index in [0.29, 0.717) is 5.56 Å². The lowest BCUT2D eigenvalue weighted by molar-refractivity contribution is 0.495. The minimum absolute atomic E-state index is 0.0481. The van der Waals surface area contributed by atoms with Crippen LogP contribution in [0.2, 0.25) is 5.02 Å². The number of aromatic nitrogens is 1. The van der Waals surface area contributed by atoms with E-state index in [0.717, 1.165) is 29.2 Å². The lowest BCUT2D eigenvalue weighted by Gasteiger charge is -2.17.